The number of nitrogens with zero attached hydrogens (tertiary/aromatic N) is 5. The molecule has 1 aliphatic rings. The number of furan rings is 1. The summed E-state index contributed by atoms with van der Waals surface area (Å²) >= 11 is 1.56. The number of thioether (sulfide) groups is 1. The van der Waals surface area contributed by atoms with Gasteiger partial charge in [0.15, 0.2) is 22.5 Å². The lowest BCUT2D eigenvalue weighted by atomic mass is 10.2. The topological polar surface area (TPSA) is 81.2 Å². The largest absolute Gasteiger partial charge is 0.461 e. The van der Waals surface area contributed by atoms with E-state index >= 15 is 0 Å². The summed E-state index contributed by atoms with van der Waals surface area (Å²) < 4.78 is 7.46. The average molecular weight is 370 g/mol. The normalized spacial score (nSPS) is 13.8. The predicted molar refractivity (Wildman–Crippen MR) is 97.1 cm³/mol. The molecule has 1 aliphatic heterocycles. The van der Waals surface area contributed by atoms with Crippen LogP contribution in [-0.2, 0) is 11.4 Å². The standard InChI is InChI=1S/C17H18N6O2S/c1-3-23-16(14-5-4-8-24-14)19-20-17(23)26-11-22-10-15(25-21-22)13-6-7-18-12(2)9-13/h4-10,21H,3,11H2,1-2H3. The fourth-order valence-electron chi connectivity index (χ4n) is 2.59. The number of hydrogen-bond acceptors (Lipinski definition) is 8. The highest BCUT2D eigenvalue weighted by molar-refractivity contribution is 7.99. The molecule has 9 heteroatoms. The molecule has 4 heterocycles. The van der Waals surface area contributed by atoms with Crippen molar-refractivity contribution in [3.8, 4) is 11.6 Å². The van der Waals surface area contributed by atoms with Gasteiger partial charge in [-0.25, -0.2) is 0 Å². The Kier molecular flexibility index (Phi) is 4.63. The minimum Gasteiger partial charge on any atom is -0.461 e. The van der Waals surface area contributed by atoms with Crippen LogP contribution in [0.4, 0.5) is 0 Å². The van der Waals surface area contributed by atoms with Gasteiger partial charge in [-0.15, -0.1) is 10.2 Å². The highest BCUT2D eigenvalue weighted by atomic mass is 32.2. The van der Waals surface area contributed by atoms with Gasteiger partial charge in [-0.3, -0.25) is 14.6 Å². The molecule has 0 radical (unpaired) electrons. The first-order chi connectivity index (χ1) is 12.7. The first-order valence-corrected chi connectivity index (χ1v) is 9.17. The molecule has 8 nitrogen and oxygen atoms in total. The Morgan fingerprint density at radius 2 is 2.19 bits per heavy atom. The summed E-state index contributed by atoms with van der Waals surface area (Å²) in [5, 5.41) is 11.2. The lowest BCUT2D eigenvalue weighted by molar-refractivity contribution is 0.0607. The van der Waals surface area contributed by atoms with Crippen molar-refractivity contribution >= 4 is 17.5 Å². The molecule has 0 amide bonds. The Labute approximate surface area is 154 Å². The van der Waals surface area contributed by atoms with Crippen LogP contribution in [0, 0.1) is 6.92 Å². The summed E-state index contributed by atoms with van der Waals surface area (Å²) in [6.45, 7) is 4.77. The van der Waals surface area contributed by atoms with Crippen LogP contribution in [-0.4, -0.2) is 30.6 Å². The van der Waals surface area contributed by atoms with Crippen LogP contribution >= 0.6 is 11.8 Å². The van der Waals surface area contributed by atoms with Crippen LogP contribution in [0.2, 0.25) is 0 Å². The molecule has 0 unspecified atom stereocenters. The Balaban J connectivity index is 1.45. The van der Waals surface area contributed by atoms with Crippen molar-refractivity contribution in [2.75, 3.05) is 5.88 Å². The number of aryl methyl sites for hydroxylation is 1. The third-order valence-corrected chi connectivity index (χ3v) is 4.80. The van der Waals surface area contributed by atoms with E-state index < -0.39 is 0 Å². The number of nitrogens with one attached hydrogen (secondary N) is 1. The van der Waals surface area contributed by atoms with E-state index in [1.54, 1.807) is 24.2 Å². The molecule has 3 aromatic heterocycles. The van der Waals surface area contributed by atoms with Gasteiger partial charge >= 0.3 is 0 Å². The van der Waals surface area contributed by atoms with E-state index in [2.05, 4.69) is 27.7 Å². The van der Waals surface area contributed by atoms with E-state index in [-0.39, 0.29) is 0 Å². The molecule has 0 saturated carbocycles. The highest BCUT2D eigenvalue weighted by Gasteiger charge is 2.19. The van der Waals surface area contributed by atoms with Crippen LogP contribution in [0.3, 0.4) is 0 Å². The van der Waals surface area contributed by atoms with Crippen molar-refractivity contribution < 1.29 is 9.25 Å². The van der Waals surface area contributed by atoms with E-state index in [9.17, 15) is 0 Å². The number of pyridine rings is 1. The molecule has 26 heavy (non-hydrogen) atoms. The van der Waals surface area contributed by atoms with Gasteiger partial charge in [-0.05, 0) is 38.1 Å². The molecular weight excluding hydrogens is 352 g/mol. The van der Waals surface area contributed by atoms with Crippen molar-refractivity contribution in [1.82, 2.24) is 30.3 Å². The highest BCUT2D eigenvalue weighted by Crippen LogP contribution is 2.26. The first-order valence-electron chi connectivity index (χ1n) is 8.18. The van der Waals surface area contributed by atoms with Gasteiger partial charge in [0.2, 0.25) is 0 Å². The molecule has 0 aromatic carbocycles. The molecule has 134 valence electrons. The SMILES string of the molecule is CCn1c(SCN2C=C(c3ccnc(C)c3)ON2)nnc1-c1ccco1. The Morgan fingerprint density at radius 3 is 2.96 bits per heavy atom. The average Bonchev–Trinajstić information content (AvgIpc) is 3.39. The lowest BCUT2D eigenvalue weighted by Gasteiger charge is -2.13. The van der Waals surface area contributed by atoms with Gasteiger partial charge < -0.3 is 9.25 Å². The predicted octanol–water partition coefficient (Wildman–Crippen LogP) is 3.06. The maximum Gasteiger partial charge on any atom is 0.200 e. The fourth-order valence-corrected chi connectivity index (χ4v) is 3.45. The van der Waals surface area contributed by atoms with Crippen molar-refractivity contribution in [1.29, 1.82) is 0 Å². The second-order valence-corrected chi connectivity index (χ2v) is 6.56. The quantitative estimate of drug-likeness (QED) is 0.663. The van der Waals surface area contributed by atoms with Gasteiger partial charge in [0, 0.05) is 24.0 Å². The zero-order valence-electron chi connectivity index (χ0n) is 14.4. The summed E-state index contributed by atoms with van der Waals surface area (Å²) in [7, 11) is 0. The zero-order chi connectivity index (χ0) is 17.9. The third kappa shape index (κ3) is 3.31. The Bertz CT molecular complexity index is 921. The molecular formula is C17H18N6O2S. The van der Waals surface area contributed by atoms with Crippen LogP contribution in [0.15, 0.2) is 52.5 Å². The molecule has 0 fully saturated rings. The van der Waals surface area contributed by atoms with E-state index in [1.165, 1.54) is 0 Å². The molecule has 4 rings (SSSR count). The molecule has 0 atom stereocenters. The van der Waals surface area contributed by atoms with Gasteiger partial charge in [0.1, 0.15) is 0 Å². The summed E-state index contributed by atoms with van der Waals surface area (Å²) in [6, 6.07) is 7.62. The molecule has 1 N–H and O–H groups in total. The minimum atomic E-state index is 0.615. The van der Waals surface area contributed by atoms with E-state index in [1.807, 2.05) is 47.0 Å². The van der Waals surface area contributed by atoms with E-state index in [0.29, 0.717) is 11.6 Å². The van der Waals surface area contributed by atoms with Gasteiger partial charge in [-0.1, -0.05) is 17.4 Å². The first kappa shape index (κ1) is 16.7. The van der Waals surface area contributed by atoms with Crippen LogP contribution in [0.25, 0.3) is 17.3 Å². The maximum absolute atomic E-state index is 5.55. The smallest absolute Gasteiger partial charge is 0.200 e. The summed E-state index contributed by atoms with van der Waals surface area (Å²) in [4.78, 5) is 9.76. The van der Waals surface area contributed by atoms with E-state index in [4.69, 9.17) is 9.25 Å². The lowest BCUT2D eigenvalue weighted by Crippen LogP contribution is -2.27. The fraction of sp³-hybridized carbons (Fsp3) is 0.235. The number of hydrazine groups is 1. The Morgan fingerprint density at radius 1 is 1.27 bits per heavy atom. The number of aromatic nitrogens is 4. The Hall–Kier alpha value is -2.78. The van der Waals surface area contributed by atoms with Crippen LogP contribution < -0.4 is 5.59 Å². The summed E-state index contributed by atoms with van der Waals surface area (Å²) in [6.07, 6.45) is 5.32. The van der Waals surface area contributed by atoms with Gasteiger partial charge in [0.25, 0.3) is 0 Å². The van der Waals surface area contributed by atoms with Crippen LogP contribution in [0.5, 0.6) is 0 Å². The van der Waals surface area contributed by atoms with Crippen molar-refractivity contribution in [3.05, 3.63) is 54.2 Å². The summed E-state index contributed by atoms with van der Waals surface area (Å²) in [5.41, 5.74) is 4.82. The monoisotopic (exact) mass is 370 g/mol. The molecule has 0 spiro atoms. The number of rotatable bonds is 6. The van der Waals surface area contributed by atoms with Crippen molar-refractivity contribution in [3.63, 3.8) is 0 Å². The van der Waals surface area contributed by atoms with Crippen LogP contribution in [0.1, 0.15) is 18.2 Å². The van der Waals surface area contributed by atoms with E-state index in [0.717, 1.165) is 34.5 Å². The third-order valence-electron chi connectivity index (χ3n) is 3.83. The van der Waals surface area contributed by atoms with Gasteiger partial charge in [-0.2, -0.15) is 0 Å². The molecule has 0 aliphatic carbocycles. The maximum atomic E-state index is 5.55. The van der Waals surface area contributed by atoms with Gasteiger partial charge in [0.05, 0.1) is 18.3 Å². The van der Waals surface area contributed by atoms with Crippen molar-refractivity contribution in [2.45, 2.75) is 25.5 Å². The second-order valence-electron chi connectivity index (χ2n) is 5.64. The summed E-state index contributed by atoms with van der Waals surface area (Å²) in [5.74, 6) is 2.81. The zero-order valence-corrected chi connectivity index (χ0v) is 15.2. The number of hydrogen-bond donors (Lipinski definition) is 1. The second kappa shape index (κ2) is 7.22. The molecule has 3 aromatic rings. The van der Waals surface area contributed by atoms with Crippen molar-refractivity contribution in [2.24, 2.45) is 0 Å². The molecule has 0 saturated heterocycles. The molecule has 0 bridgehead atoms. The minimum absolute atomic E-state index is 0.615.